The first kappa shape index (κ1) is 17.2. The lowest BCUT2D eigenvalue weighted by Crippen LogP contribution is -2.30. The summed E-state index contributed by atoms with van der Waals surface area (Å²) in [4.78, 5) is -0.212. The molecule has 1 N–H and O–H groups in total. The van der Waals surface area contributed by atoms with Crippen molar-refractivity contribution in [2.75, 3.05) is 13.6 Å². The number of aliphatic hydroxyl groups excluding tert-OH is 1. The largest absolute Gasteiger partial charge is 0.392 e. The van der Waals surface area contributed by atoms with Crippen molar-refractivity contribution in [3.63, 3.8) is 0 Å². The maximum Gasteiger partial charge on any atom is 0.390 e. The van der Waals surface area contributed by atoms with Crippen LogP contribution in [0, 0.1) is 0 Å². The molecule has 0 radical (unpaired) electrons. The number of halogens is 4. The Morgan fingerprint density at radius 3 is 2.45 bits per heavy atom. The third kappa shape index (κ3) is 4.34. The highest BCUT2D eigenvalue weighted by Gasteiger charge is 2.30. The van der Waals surface area contributed by atoms with E-state index in [1.54, 1.807) is 0 Å². The van der Waals surface area contributed by atoms with Gasteiger partial charge < -0.3 is 5.11 Å². The molecule has 0 amide bonds. The minimum Gasteiger partial charge on any atom is -0.392 e. The van der Waals surface area contributed by atoms with Crippen LogP contribution in [0.25, 0.3) is 0 Å². The number of sulfonamides is 1. The zero-order valence-electron chi connectivity index (χ0n) is 10.5. The number of aliphatic hydroxyl groups is 1. The normalized spacial score (nSPS) is 12.9. The molecule has 0 aliphatic rings. The van der Waals surface area contributed by atoms with Gasteiger partial charge in [0, 0.05) is 18.6 Å². The van der Waals surface area contributed by atoms with Crippen molar-refractivity contribution in [2.24, 2.45) is 0 Å². The minimum absolute atomic E-state index is 0.185. The Kier molecular flexibility index (Phi) is 5.42. The minimum atomic E-state index is -4.43. The Morgan fingerprint density at radius 2 is 1.95 bits per heavy atom. The van der Waals surface area contributed by atoms with Gasteiger partial charge in [0.25, 0.3) is 0 Å². The first-order valence-corrected chi connectivity index (χ1v) is 7.32. The van der Waals surface area contributed by atoms with Gasteiger partial charge in [-0.1, -0.05) is 11.6 Å². The molecule has 1 aromatic carbocycles. The van der Waals surface area contributed by atoms with Gasteiger partial charge in [0.15, 0.2) is 0 Å². The third-order valence-corrected chi connectivity index (χ3v) is 4.83. The molecule has 0 atom stereocenters. The van der Waals surface area contributed by atoms with Crippen LogP contribution in [-0.2, 0) is 16.6 Å². The highest BCUT2D eigenvalue weighted by molar-refractivity contribution is 7.89. The second-order valence-corrected chi connectivity index (χ2v) is 6.56. The van der Waals surface area contributed by atoms with Crippen molar-refractivity contribution < 1.29 is 26.7 Å². The monoisotopic (exact) mass is 331 g/mol. The van der Waals surface area contributed by atoms with E-state index in [0.717, 1.165) is 13.1 Å². The molecule has 9 heteroatoms. The predicted octanol–water partition coefficient (Wildman–Crippen LogP) is 2.41. The van der Waals surface area contributed by atoms with Gasteiger partial charge in [-0.3, -0.25) is 0 Å². The molecule has 0 aliphatic carbocycles. The van der Waals surface area contributed by atoms with Gasteiger partial charge in [0.2, 0.25) is 10.0 Å². The van der Waals surface area contributed by atoms with E-state index in [4.69, 9.17) is 16.7 Å². The van der Waals surface area contributed by atoms with Gasteiger partial charge in [-0.25, -0.2) is 12.7 Å². The number of alkyl halides is 3. The first-order chi connectivity index (χ1) is 9.08. The van der Waals surface area contributed by atoms with Crippen molar-refractivity contribution in [3.05, 3.63) is 28.8 Å². The SMILES string of the molecule is CN(CCC(F)(F)F)S(=O)(=O)c1ccc(Cl)c(CO)c1. The molecule has 0 saturated heterocycles. The zero-order chi connectivity index (χ0) is 15.6. The second kappa shape index (κ2) is 6.30. The molecule has 0 heterocycles. The molecule has 0 bridgehead atoms. The summed E-state index contributed by atoms with van der Waals surface area (Å²) < 4.78 is 61.1. The quantitative estimate of drug-likeness (QED) is 0.901. The lowest BCUT2D eigenvalue weighted by molar-refractivity contribution is -0.135. The number of hydrogen-bond acceptors (Lipinski definition) is 3. The van der Waals surface area contributed by atoms with Gasteiger partial charge >= 0.3 is 6.18 Å². The van der Waals surface area contributed by atoms with E-state index < -0.39 is 35.8 Å². The number of hydrogen-bond donors (Lipinski definition) is 1. The topological polar surface area (TPSA) is 57.6 Å². The predicted molar refractivity (Wildman–Crippen MR) is 67.9 cm³/mol. The third-order valence-electron chi connectivity index (χ3n) is 2.61. The van der Waals surface area contributed by atoms with Crippen LogP contribution in [0.5, 0.6) is 0 Å². The average Bonchev–Trinajstić information content (AvgIpc) is 2.35. The molecule has 0 spiro atoms. The van der Waals surface area contributed by atoms with Crippen molar-refractivity contribution in [1.29, 1.82) is 0 Å². The molecule has 0 unspecified atom stereocenters. The molecule has 1 aromatic rings. The van der Waals surface area contributed by atoms with Crippen LogP contribution >= 0.6 is 11.6 Å². The van der Waals surface area contributed by atoms with Gasteiger partial charge in [0.05, 0.1) is 17.9 Å². The van der Waals surface area contributed by atoms with E-state index in [2.05, 4.69) is 0 Å². The zero-order valence-corrected chi connectivity index (χ0v) is 12.1. The molecule has 0 aromatic heterocycles. The van der Waals surface area contributed by atoms with E-state index in [9.17, 15) is 21.6 Å². The molecule has 4 nitrogen and oxygen atoms in total. The number of rotatable bonds is 5. The summed E-state index contributed by atoms with van der Waals surface area (Å²) in [7, 11) is -2.98. The van der Waals surface area contributed by atoms with Crippen LogP contribution in [0.3, 0.4) is 0 Å². The lowest BCUT2D eigenvalue weighted by Gasteiger charge is -2.18. The Balaban J connectivity index is 2.98. The van der Waals surface area contributed by atoms with Crippen LogP contribution in [0.15, 0.2) is 23.1 Å². The fraction of sp³-hybridized carbons (Fsp3) is 0.455. The van der Waals surface area contributed by atoms with Crippen molar-refractivity contribution in [1.82, 2.24) is 4.31 Å². The maximum atomic E-state index is 12.1. The maximum absolute atomic E-state index is 12.1. The summed E-state index contributed by atoms with van der Waals surface area (Å²) in [6.07, 6.45) is -5.66. The van der Waals surface area contributed by atoms with E-state index in [-0.39, 0.29) is 15.5 Å². The lowest BCUT2D eigenvalue weighted by atomic mass is 10.2. The Labute approximate surface area is 119 Å². The fourth-order valence-electron chi connectivity index (χ4n) is 1.42. The Bertz CT molecular complexity index is 575. The molecular weight excluding hydrogens is 319 g/mol. The van der Waals surface area contributed by atoms with E-state index in [0.29, 0.717) is 4.31 Å². The van der Waals surface area contributed by atoms with Gasteiger partial charge in [-0.05, 0) is 23.8 Å². The molecule has 20 heavy (non-hydrogen) atoms. The van der Waals surface area contributed by atoms with Crippen molar-refractivity contribution >= 4 is 21.6 Å². The molecule has 1 rings (SSSR count). The summed E-state index contributed by atoms with van der Waals surface area (Å²) in [5.74, 6) is 0. The standard InChI is InChI=1S/C11H13ClF3NO3S/c1-16(5-4-11(13,14)15)20(18,19)9-2-3-10(12)8(6-9)7-17/h2-3,6,17H,4-5,7H2,1H3. The highest BCUT2D eigenvalue weighted by Crippen LogP contribution is 2.24. The van der Waals surface area contributed by atoms with Crippen LogP contribution in [0.2, 0.25) is 5.02 Å². The number of nitrogens with zero attached hydrogens (tertiary/aromatic N) is 1. The van der Waals surface area contributed by atoms with Gasteiger partial charge in [-0.15, -0.1) is 0 Å². The molecular formula is C11H13ClF3NO3S. The fourth-order valence-corrected chi connectivity index (χ4v) is 2.82. The van der Waals surface area contributed by atoms with Crippen LogP contribution in [-0.4, -0.2) is 37.6 Å². The molecule has 114 valence electrons. The van der Waals surface area contributed by atoms with Gasteiger partial charge in [-0.2, -0.15) is 13.2 Å². The van der Waals surface area contributed by atoms with E-state index >= 15 is 0 Å². The van der Waals surface area contributed by atoms with Crippen LogP contribution in [0.1, 0.15) is 12.0 Å². The Hall–Kier alpha value is -0.830. The summed E-state index contributed by atoms with van der Waals surface area (Å²) in [6, 6.07) is 3.60. The van der Waals surface area contributed by atoms with Gasteiger partial charge in [0.1, 0.15) is 0 Å². The smallest absolute Gasteiger partial charge is 0.390 e. The van der Waals surface area contributed by atoms with Crippen molar-refractivity contribution in [3.8, 4) is 0 Å². The second-order valence-electron chi connectivity index (χ2n) is 4.10. The first-order valence-electron chi connectivity index (χ1n) is 5.50. The summed E-state index contributed by atoms with van der Waals surface area (Å²) in [5, 5.41) is 9.20. The van der Waals surface area contributed by atoms with Crippen LogP contribution in [0.4, 0.5) is 13.2 Å². The summed E-state index contributed by atoms with van der Waals surface area (Å²) in [5.41, 5.74) is 0.192. The Morgan fingerprint density at radius 1 is 1.35 bits per heavy atom. The summed E-state index contributed by atoms with van der Waals surface area (Å²) in [6.45, 7) is -1.14. The van der Waals surface area contributed by atoms with E-state index in [1.807, 2.05) is 0 Å². The highest BCUT2D eigenvalue weighted by atomic mass is 35.5. The van der Waals surface area contributed by atoms with Crippen molar-refractivity contribution in [2.45, 2.75) is 24.1 Å². The summed E-state index contributed by atoms with van der Waals surface area (Å²) >= 11 is 5.73. The molecule has 0 aliphatic heterocycles. The molecule has 0 saturated carbocycles. The number of benzene rings is 1. The average molecular weight is 332 g/mol. The molecule has 0 fully saturated rings. The van der Waals surface area contributed by atoms with E-state index in [1.165, 1.54) is 12.1 Å². The van der Waals surface area contributed by atoms with Crippen LogP contribution < -0.4 is 0 Å².